The number of anilines is 1. The molecule has 0 N–H and O–H groups in total. The van der Waals surface area contributed by atoms with Gasteiger partial charge in [0.25, 0.3) is 0 Å². The van der Waals surface area contributed by atoms with Gasteiger partial charge in [-0.3, -0.25) is 9.59 Å². The molecule has 0 bridgehead atoms. The number of ether oxygens (including phenoxy) is 1. The maximum atomic E-state index is 14.6. The highest BCUT2D eigenvalue weighted by atomic mass is 19.4. The predicted molar refractivity (Wildman–Crippen MR) is 196 cm³/mol. The van der Waals surface area contributed by atoms with Gasteiger partial charge in [-0.1, -0.05) is 98.6 Å². The number of nitrogens with zero attached hydrogens (tertiary/aromatic N) is 3. The molecule has 0 spiro atoms. The zero-order valence-electron chi connectivity index (χ0n) is 29.3. The van der Waals surface area contributed by atoms with E-state index in [1.54, 1.807) is 12.0 Å². The Morgan fingerprint density at radius 3 is 2.20 bits per heavy atom. The first-order valence-electron chi connectivity index (χ1n) is 17.6. The Morgan fingerprint density at radius 2 is 1.51 bits per heavy atom. The Balaban J connectivity index is 1.45. The molecule has 0 aromatic heterocycles. The third kappa shape index (κ3) is 10.2. The number of amides is 2. The zero-order chi connectivity index (χ0) is 36.2. The van der Waals surface area contributed by atoms with E-state index in [0.717, 1.165) is 60.4 Å². The average Bonchev–Trinajstić information content (AvgIpc) is 3.16. The number of hydrogen-bond acceptors (Lipinski definition) is 4. The van der Waals surface area contributed by atoms with E-state index in [0.29, 0.717) is 26.2 Å². The number of carbonyl (C=O) groups excluding carboxylic acids is 2. The van der Waals surface area contributed by atoms with Crippen molar-refractivity contribution in [2.45, 2.75) is 57.8 Å². The van der Waals surface area contributed by atoms with E-state index in [9.17, 15) is 22.8 Å². The van der Waals surface area contributed by atoms with Gasteiger partial charge in [-0.05, 0) is 59.4 Å². The Bertz CT molecular complexity index is 1750. The van der Waals surface area contributed by atoms with Crippen molar-refractivity contribution in [3.05, 3.63) is 137 Å². The molecule has 4 aromatic rings. The predicted octanol–water partition coefficient (Wildman–Crippen LogP) is 8.45. The molecule has 1 saturated heterocycles. The molecule has 0 unspecified atom stereocenters. The second-order valence-corrected chi connectivity index (χ2v) is 12.9. The number of piperazine rings is 1. The summed E-state index contributed by atoms with van der Waals surface area (Å²) in [5, 5.41) is 0. The fraction of sp³-hybridized carbons (Fsp3) is 0.333. The van der Waals surface area contributed by atoms with Gasteiger partial charge in [-0.25, -0.2) is 0 Å². The first kappa shape index (κ1) is 37.2. The van der Waals surface area contributed by atoms with Crippen molar-refractivity contribution in [2.75, 3.05) is 38.2 Å². The number of halogens is 3. The fourth-order valence-corrected chi connectivity index (χ4v) is 6.46. The van der Waals surface area contributed by atoms with E-state index in [2.05, 4.69) is 24.0 Å². The van der Waals surface area contributed by atoms with E-state index in [-0.39, 0.29) is 24.4 Å². The molecule has 2 amide bonds. The minimum atomic E-state index is -4.58. The van der Waals surface area contributed by atoms with Gasteiger partial charge >= 0.3 is 6.18 Å². The molecular formula is C42H46F3N3O3. The third-order valence-corrected chi connectivity index (χ3v) is 9.34. The quantitative estimate of drug-likeness (QED) is 0.0981. The lowest BCUT2D eigenvalue weighted by molar-refractivity contribution is -0.144. The Hall–Kier alpha value is -5.05. The van der Waals surface area contributed by atoms with E-state index in [1.807, 2.05) is 66.7 Å². The molecule has 9 heteroatoms. The molecule has 0 saturated carbocycles. The van der Waals surface area contributed by atoms with Crippen LogP contribution >= 0.6 is 0 Å². The molecule has 6 nitrogen and oxygen atoms in total. The van der Waals surface area contributed by atoms with Gasteiger partial charge in [-0.15, -0.1) is 0 Å². The largest absolute Gasteiger partial charge is 0.497 e. The van der Waals surface area contributed by atoms with E-state index in [1.165, 1.54) is 34.7 Å². The monoisotopic (exact) mass is 697 g/mol. The minimum Gasteiger partial charge on any atom is -0.497 e. The van der Waals surface area contributed by atoms with Crippen molar-refractivity contribution in [1.29, 1.82) is 0 Å². The normalized spacial score (nSPS) is 14.1. The zero-order valence-corrected chi connectivity index (χ0v) is 29.3. The van der Waals surface area contributed by atoms with E-state index in [4.69, 9.17) is 4.74 Å². The summed E-state index contributed by atoms with van der Waals surface area (Å²) in [6.07, 6.45) is 2.35. The number of aryl methyl sites for hydroxylation is 1. The van der Waals surface area contributed by atoms with Crippen LogP contribution in [0.2, 0.25) is 0 Å². The summed E-state index contributed by atoms with van der Waals surface area (Å²) in [4.78, 5) is 34.3. The molecule has 1 atom stereocenters. The second-order valence-electron chi connectivity index (χ2n) is 12.9. The van der Waals surface area contributed by atoms with Gasteiger partial charge in [0.2, 0.25) is 11.8 Å². The third-order valence-electron chi connectivity index (χ3n) is 9.34. The maximum Gasteiger partial charge on any atom is 0.416 e. The van der Waals surface area contributed by atoms with Crippen molar-refractivity contribution in [2.24, 2.45) is 0 Å². The molecule has 0 radical (unpaired) electrons. The van der Waals surface area contributed by atoms with Gasteiger partial charge < -0.3 is 19.4 Å². The van der Waals surface area contributed by atoms with Crippen LogP contribution in [0.15, 0.2) is 109 Å². The van der Waals surface area contributed by atoms with Crippen LogP contribution in [0.5, 0.6) is 5.75 Å². The molecule has 5 rings (SSSR count). The van der Waals surface area contributed by atoms with E-state index < -0.39 is 23.7 Å². The van der Waals surface area contributed by atoms with Crippen molar-refractivity contribution in [3.8, 4) is 5.75 Å². The number of methoxy groups -OCH3 is 1. The van der Waals surface area contributed by atoms with Crippen LogP contribution in [0.25, 0.3) is 6.08 Å². The topological polar surface area (TPSA) is 53.1 Å². The number of carbonyl (C=O) groups is 2. The summed E-state index contributed by atoms with van der Waals surface area (Å²) in [6.45, 7) is 4.37. The van der Waals surface area contributed by atoms with Gasteiger partial charge in [-0.2, -0.15) is 13.2 Å². The summed E-state index contributed by atoms with van der Waals surface area (Å²) >= 11 is 0. The van der Waals surface area contributed by atoms with Crippen LogP contribution in [0.1, 0.15) is 54.0 Å². The van der Waals surface area contributed by atoms with Crippen LogP contribution in [-0.4, -0.2) is 60.9 Å². The summed E-state index contributed by atoms with van der Waals surface area (Å²) in [6, 6.07) is 29.6. The minimum absolute atomic E-state index is 0.116. The molecule has 51 heavy (non-hydrogen) atoms. The first-order chi connectivity index (χ1) is 24.7. The summed E-state index contributed by atoms with van der Waals surface area (Å²) < 4.78 is 46.8. The Labute approximate surface area is 299 Å². The second kappa shape index (κ2) is 17.7. The molecule has 0 aliphatic carbocycles. The Morgan fingerprint density at radius 1 is 0.824 bits per heavy atom. The lowest BCUT2D eigenvalue weighted by Crippen LogP contribution is -2.56. The highest BCUT2D eigenvalue weighted by Crippen LogP contribution is 2.32. The first-order valence-corrected chi connectivity index (χ1v) is 17.6. The molecule has 268 valence electrons. The van der Waals surface area contributed by atoms with Crippen molar-refractivity contribution >= 4 is 23.6 Å². The van der Waals surface area contributed by atoms with Crippen LogP contribution in [-0.2, 0) is 35.2 Å². The fourth-order valence-electron chi connectivity index (χ4n) is 6.46. The van der Waals surface area contributed by atoms with Crippen molar-refractivity contribution in [1.82, 2.24) is 9.80 Å². The molecule has 4 aromatic carbocycles. The van der Waals surface area contributed by atoms with Crippen LogP contribution in [0, 0.1) is 0 Å². The molecular weight excluding hydrogens is 651 g/mol. The summed E-state index contributed by atoms with van der Waals surface area (Å²) in [7, 11) is 1.63. The lowest BCUT2D eigenvalue weighted by Gasteiger charge is -2.40. The Kier molecular flexibility index (Phi) is 12.9. The SMILES string of the molecule is CCCCCc1ccc(CN(C(=O)C=Cc2ccccc2C(F)(F)F)[C@@H](Cc2ccccc2)C(=O)N2CCN(c3cccc(OC)c3)CC2)cc1. The van der Waals surface area contributed by atoms with Crippen molar-refractivity contribution < 1.29 is 27.5 Å². The lowest BCUT2D eigenvalue weighted by atomic mass is 10.0. The van der Waals surface area contributed by atoms with Gasteiger partial charge in [0, 0.05) is 57.0 Å². The number of rotatable bonds is 14. The van der Waals surface area contributed by atoms with Crippen LogP contribution in [0.4, 0.5) is 18.9 Å². The average molecular weight is 698 g/mol. The number of alkyl halides is 3. The van der Waals surface area contributed by atoms with E-state index >= 15 is 0 Å². The number of benzene rings is 4. The molecule has 1 heterocycles. The smallest absolute Gasteiger partial charge is 0.416 e. The standard InChI is InChI=1S/C42H46F3N3O3/c1-3-4-6-12-32-19-21-34(22-20-32)31-48(40(49)24-23-35-15-9-10-18-38(35)42(43,44)45)39(29-33-13-7-5-8-14-33)41(50)47-27-25-46(26-28-47)36-16-11-17-37(30-36)51-2/h5,7-11,13-24,30,39H,3-4,6,12,25-29,31H2,1-2H3/t39-/m0/s1. The summed E-state index contributed by atoms with van der Waals surface area (Å²) in [5.74, 6) is 0.0176. The highest BCUT2D eigenvalue weighted by Gasteiger charge is 2.35. The van der Waals surface area contributed by atoms with Gasteiger partial charge in [0.15, 0.2) is 0 Å². The summed E-state index contributed by atoms with van der Waals surface area (Å²) in [5.41, 5.74) is 2.96. The molecule has 1 aliphatic heterocycles. The highest BCUT2D eigenvalue weighted by molar-refractivity contribution is 5.96. The van der Waals surface area contributed by atoms with Gasteiger partial charge in [0.05, 0.1) is 12.7 Å². The number of hydrogen-bond donors (Lipinski definition) is 0. The maximum absolute atomic E-state index is 14.6. The van der Waals surface area contributed by atoms with Crippen molar-refractivity contribution in [3.63, 3.8) is 0 Å². The number of unbranched alkanes of at least 4 members (excludes halogenated alkanes) is 2. The van der Waals surface area contributed by atoms with Crippen LogP contribution < -0.4 is 9.64 Å². The molecule has 1 aliphatic rings. The van der Waals surface area contributed by atoms with Gasteiger partial charge in [0.1, 0.15) is 11.8 Å². The molecule has 1 fully saturated rings. The van der Waals surface area contributed by atoms with Crippen LogP contribution in [0.3, 0.4) is 0 Å².